The SMILES string of the molecule is Cc1cncc([C@H]2CCCN(C(=O)c3cnc(C4CC4)nc3)C2)n1. The van der Waals surface area contributed by atoms with Gasteiger partial charge in [-0.25, -0.2) is 9.97 Å². The summed E-state index contributed by atoms with van der Waals surface area (Å²) in [5.41, 5.74) is 2.48. The number of carbonyl (C=O) groups is 1. The van der Waals surface area contributed by atoms with Gasteiger partial charge in [0.15, 0.2) is 0 Å². The Kier molecular flexibility index (Phi) is 3.96. The Hall–Kier alpha value is -2.37. The third-order valence-electron chi connectivity index (χ3n) is 4.76. The van der Waals surface area contributed by atoms with E-state index in [4.69, 9.17) is 0 Å². The highest BCUT2D eigenvalue weighted by Gasteiger charge is 2.29. The van der Waals surface area contributed by atoms with Crippen LogP contribution in [-0.2, 0) is 0 Å². The molecule has 1 atom stereocenters. The van der Waals surface area contributed by atoms with Crippen LogP contribution in [0.25, 0.3) is 0 Å². The first-order chi connectivity index (χ1) is 11.7. The molecule has 0 radical (unpaired) electrons. The minimum Gasteiger partial charge on any atom is -0.338 e. The van der Waals surface area contributed by atoms with E-state index in [1.54, 1.807) is 18.6 Å². The van der Waals surface area contributed by atoms with Crippen molar-refractivity contribution in [2.45, 2.75) is 44.4 Å². The molecule has 1 amide bonds. The normalized spacial score (nSPS) is 20.9. The quantitative estimate of drug-likeness (QED) is 0.867. The van der Waals surface area contributed by atoms with E-state index in [0.717, 1.165) is 36.6 Å². The number of nitrogens with zero attached hydrogens (tertiary/aromatic N) is 5. The molecular formula is C18H21N5O. The minimum absolute atomic E-state index is 0.0164. The number of carbonyl (C=O) groups excluding carboxylic acids is 1. The van der Waals surface area contributed by atoms with E-state index in [1.165, 1.54) is 12.8 Å². The molecule has 1 aliphatic heterocycles. The average molecular weight is 323 g/mol. The summed E-state index contributed by atoms with van der Waals surface area (Å²) in [5, 5.41) is 0. The molecule has 2 aliphatic rings. The van der Waals surface area contributed by atoms with Gasteiger partial charge in [-0.1, -0.05) is 0 Å². The predicted octanol–water partition coefficient (Wildman–Crippen LogP) is 2.47. The number of aromatic nitrogens is 4. The van der Waals surface area contributed by atoms with Gasteiger partial charge in [0.05, 0.1) is 17.0 Å². The molecule has 6 heteroatoms. The van der Waals surface area contributed by atoms with Crippen LogP contribution in [0.1, 0.15) is 65.1 Å². The summed E-state index contributed by atoms with van der Waals surface area (Å²) < 4.78 is 0. The number of piperidine rings is 1. The molecule has 1 saturated heterocycles. The summed E-state index contributed by atoms with van der Waals surface area (Å²) >= 11 is 0. The lowest BCUT2D eigenvalue weighted by Gasteiger charge is -2.32. The van der Waals surface area contributed by atoms with E-state index >= 15 is 0 Å². The van der Waals surface area contributed by atoms with Gasteiger partial charge in [0.2, 0.25) is 0 Å². The van der Waals surface area contributed by atoms with Crippen LogP contribution in [-0.4, -0.2) is 43.8 Å². The van der Waals surface area contributed by atoms with Crippen molar-refractivity contribution in [2.24, 2.45) is 0 Å². The van der Waals surface area contributed by atoms with Crippen LogP contribution < -0.4 is 0 Å². The highest BCUT2D eigenvalue weighted by molar-refractivity contribution is 5.93. The van der Waals surface area contributed by atoms with E-state index in [9.17, 15) is 4.79 Å². The molecule has 124 valence electrons. The van der Waals surface area contributed by atoms with Crippen LogP contribution in [0.3, 0.4) is 0 Å². The second-order valence-corrected chi connectivity index (χ2v) is 6.78. The highest BCUT2D eigenvalue weighted by atomic mass is 16.2. The first-order valence-electron chi connectivity index (χ1n) is 8.60. The Morgan fingerprint density at radius 3 is 2.58 bits per heavy atom. The maximum absolute atomic E-state index is 12.8. The third kappa shape index (κ3) is 3.13. The van der Waals surface area contributed by atoms with Gasteiger partial charge in [0.25, 0.3) is 5.91 Å². The first kappa shape index (κ1) is 15.2. The largest absolute Gasteiger partial charge is 0.338 e. The first-order valence-corrected chi connectivity index (χ1v) is 8.60. The molecule has 0 spiro atoms. The standard InChI is InChI=1S/C18H21N5O/c1-12-7-19-10-16(22-12)14-3-2-6-23(11-14)18(24)15-8-20-17(21-9-15)13-4-5-13/h7-10,13-14H,2-6,11H2,1H3/t14-/m0/s1. The number of hydrogen-bond acceptors (Lipinski definition) is 5. The lowest BCUT2D eigenvalue weighted by atomic mass is 9.94. The zero-order valence-electron chi connectivity index (χ0n) is 13.9. The highest BCUT2D eigenvalue weighted by Crippen LogP contribution is 2.37. The summed E-state index contributed by atoms with van der Waals surface area (Å²) in [6.45, 7) is 3.40. The van der Waals surface area contributed by atoms with Gasteiger partial charge in [-0.3, -0.25) is 14.8 Å². The summed E-state index contributed by atoms with van der Waals surface area (Å²) in [4.78, 5) is 32.2. The minimum atomic E-state index is 0.0164. The fourth-order valence-electron chi connectivity index (χ4n) is 3.27. The number of likely N-dealkylation sites (tertiary alicyclic amines) is 1. The van der Waals surface area contributed by atoms with Gasteiger partial charge in [0.1, 0.15) is 5.82 Å². The van der Waals surface area contributed by atoms with E-state index in [2.05, 4.69) is 19.9 Å². The molecule has 1 aliphatic carbocycles. The zero-order chi connectivity index (χ0) is 16.5. The molecule has 24 heavy (non-hydrogen) atoms. The third-order valence-corrected chi connectivity index (χ3v) is 4.76. The van der Waals surface area contributed by atoms with Gasteiger partial charge >= 0.3 is 0 Å². The molecule has 2 aromatic rings. The Balaban J connectivity index is 1.47. The van der Waals surface area contributed by atoms with Crippen LogP contribution in [0.2, 0.25) is 0 Å². The number of rotatable bonds is 3. The van der Waals surface area contributed by atoms with Crippen LogP contribution in [0.15, 0.2) is 24.8 Å². The molecular weight excluding hydrogens is 302 g/mol. The fraction of sp³-hybridized carbons (Fsp3) is 0.500. The molecule has 0 N–H and O–H groups in total. The van der Waals surface area contributed by atoms with Gasteiger partial charge in [0, 0.05) is 49.7 Å². The molecule has 2 aromatic heterocycles. The second kappa shape index (κ2) is 6.26. The molecule has 0 aromatic carbocycles. The van der Waals surface area contributed by atoms with Crippen molar-refractivity contribution in [3.8, 4) is 0 Å². The van der Waals surface area contributed by atoms with Crippen LogP contribution >= 0.6 is 0 Å². The predicted molar refractivity (Wildman–Crippen MR) is 88.7 cm³/mol. The summed E-state index contributed by atoms with van der Waals surface area (Å²) in [6, 6.07) is 0. The Morgan fingerprint density at radius 1 is 1.08 bits per heavy atom. The van der Waals surface area contributed by atoms with Crippen LogP contribution in [0.4, 0.5) is 0 Å². The molecule has 6 nitrogen and oxygen atoms in total. The van der Waals surface area contributed by atoms with Gasteiger partial charge in [-0.2, -0.15) is 0 Å². The topological polar surface area (TPSA) is 71.9 Å². The summed E-state index contributed by atoms with van der Waals surface area (Å²) in [5.74, 6) is 1.65. The molecule has 0 bridgehead atoms. The fourth-order valence-corrected chi connectivity index (χ4v) is 3.27. The maximum atomic E-state index is 12.8. The zero-order valence-corrected chi connectivity index (χ0v) is 13.9. The average Bonchev–Trinajstić information content (AvgIpc) is 3.47. The van der Waals surface area contributed by atoms with Crippen molar-refractivity contribution in [2.75, 3.05) is 13.1 Å². The summed E-state index contributed by atoms with van der Waals surface area (Å²) in [7, 11) is 0. The molecule has 0 unspecified atom stereocenters. The maximum Gasteiger partial charge on any atom is 0.257 e. The van der Waals surface area contributed by atoms with Gasteiger partial charge < -0.3 is 4.90 Å². The van der Waals surface area contributed by atoms with E-state index < -0.39 is 0 Å². The molecule has 4 rings (SSSR count). The lowest BCUT2D eigenvalue weighted by Crippen LogP contribution is -2.39. The number of hydrogen-bond donors (Lipinski definition) is 0. The summed E-state index contributed by atoms with van der Waals surface area (Å²) in [6.07, 6.45) is 11.3. The Morgan fingerprint density at radius 2 is 1.88 bits per heavy atom. The van der Waals surface area contributed by atoms with Crippen LogP contribution in [0.5, 0.6) is 0 Å². The van der Waals surface area contributed by atoms with E-state index in [1.807, 2.05) is 18.0 Å². The molecule has 3 heterocycles. The Labute approximate surface area is 141 Å². The lowest BCUT2D eigenvalue weighted by molar-refractivity contribution is 0.0705. The number of aryl methyl sites for hydroxylation is 1. The van der Waals surface area contributed by atoms with Crippen molar-refractivity contribution in [1.82, 2.24) is 24.8 Å². The van der Waals surface area contributed by atoms with E-state index in [0.29, 0.717) is 18.0 Å². The number of amides is 1. The van der Waals surface area contributed by atoms with Crippen molar-refractivity contribution in [3.63, 3.8) is 0 Å². The van der Waals surface area contributed by atoms with Gasteiger partial charge in [-0.05, 0) is 32.6 Å². The second-order valence-electron chi connectivity index (χ2n) is 6.78. The molecule has 2 fully saturated rings. The smallest absolute Gasteiger partial charge is 0.257 e. The van der Waals surface area contributed by atoms with Crippen molar-refractivity contribution < 1.29 is 4.79 Å². The van der Waals surface area contributed by atoms with E-state index in [-0.39, 0.29) is 11.8 Å². The van der Waals surface area contributed by atoms with Crippen molar-refractivity contribution in [1.29, 1.82) is 0 Å². The van der Waals surface area contributed by atoms with Crippen molar-refractivity contribution in [3.05, 3.63) is 47.6 Å². The van der Waals surface area contributed by atoms with Gasteiger partial charge in [-0.15, -0.1) is 0 Å². The van der Waals surface area contributed by atoms with Crippen molar-refractivity contribution >= 4 is 5.91 Å². The molecule has 1 saturated carbocycles. The monoisotopic (exact) mass is 323 g/mol. The van der Waals surface area contributed by atoms with Crippen LogP contribution in [0, 0.1) is 6.92 Å². The Bertz CT molecular complexity index is 741.